The summed E-state index contributed by atoms with van der Waals surface area (Å²) in [6.07, 6.45) is 4.67. The number of nitrogens with zero attached hydrogens (tertiary/aromatic N) is 2. The van der Waals surface area contributed by atoms with Crippen LogP contribution in [0.4, 0.5) is 5.82 Å². The number of rotatable bonds is 5. The first-order chi connectivity index (χ1) is 10.3. The van der Waals surface area contributed by atoms with Crippen molar-refractivity contribution in [2.45, 2.75) is 19.9 Å². The molecule has 3 aromatic heterocycles. The minimum Gasteiger partial charge on any atom is -0.370 e. The van der Waals surface area contributed by atoms with Crippen LogP contribution in [0.2, 0.25) is 0 Å². The van der Waals surface area contributed by atoms with Gasteiger partial charge in [-0.25, -0.2) is 4.98 Å². The second-order valence-corrected chi connectivity index (χ2v) is 5.83. The molecular formula is C16H17N3OS. The minimum absolute atomic E-state index is 0.0547. The summed E-state index contributed by atoms with van der Waals surface area (Å²) in [6, 6.07) is 7.80. The molecule has 5 heteroatoms. The molecule has 0 saturated carbocycles. The van der Waals surface area contributed by atoms with E-state index in [0.717, 1.165) is 34.4 Å². The van der Waals surface area contributed by atoms with E-state index in [1.807, 2.05) is 35.8 Å². The SMILES string of the molecule is CCCNc1ncccc1Cn1ccc2sccc2c1=O. The van der Waals surface area contributed by atoms with Gasteiger partial charge in [0.15, 0.2) is 0 Å². The Bertz CT molecular complexity index is 806. The lowest BCUT2D eigenvalue weighted by Crippen LogP contribution is -2.20. The molecule has 0 amide bonds. The first-order valence-electron chi connectivity index (χ1n) is 7.04. The molecule has 0 spiro atoms. The molecule has 4 nitrogen and oxygen atoms in total. The van der Waals surface area contributed by atoms with E-state index in [9.17, 15) is 4.79 Å². The summed E-state index contributed by atoms with van der Waals surface area (Å²) < 4.78 is 2.77. The number of hydrogen-bond donors (Lipinski definition) is 1. The number of anilines is 1. The van der Waals surface area contributed by atoms with Gasteiger partial charge in [-0.05, 0) is 30.0 Å². The van der Waals surface area contributed by atoms with Crippen LogP contribution < -0.4 is 10.9 Å². The highest BCUT2D eigenvalue weighted by molar-refractivity contribution is 7.17. The molecule has 108 valence electrons. The molecule has 0 aliphatic rings. The fourth-order valence-electron chi connectivity index (χ4n) is 2.28. The molecule has 0 radical (unpaired) electrons. The summed E-state index contributed by atoms with van der Waals surface area (Å²) in [7, 11) is 0. The normalized spacial score (nSPS) is 10.9. The maximum absolute atomic E-state index is 12.4. The maximum Gasteiger partial charge on any atom is 0.259 e. The molecule has 0 unspecified atom stereocenters. The summed E-state index contributed by atoms with van der Waals surface area (Å²) in [5.41, 5.74) is 1.08. The van der Waals surface area contributed by atoms with E-state index in [2.05, 4.69) is 17.2 Å². The maximum atomic E-state index is 12.4. The van der Waals surface area contributed by atoms with Crippen LogP contribution in [0.5, 0.6) is 0 Å². The molecule has 0 saturated heterocycles. The van der Waals surface area contributed by atoms with Gasteiger partial charge >= 0.3 is 0 Å². The highest BCUT2D eigenvalue weighted by Crippen LogP contribution is 2.18. The molecule has 0 aliphatic carbocycles. The molecule has 3 rings (SSSR count). The van der Waals surface area contributed by atoms with Crippen LogP contribution in [-0.4, -0.2) is 16.1 Å². The van der Waals surface area contributed by atoms with Crippen molar-refractivity contribution in [2.24, 2.45) is 0 Å². The Morgan fingerprint density at radius 2 is 2.24 bits per heavy atom. The van der Waals surface area contributed by atoms with Crippen LogP contribution >= 0.6 is 11.3 Å². The van der Waals surface area contributed by atoms with Gasteiger partial charge in [-0.2, -0.15) is 0 Å². The predicted octanol–water partition coefficient (Wildman–Crippen LogP) is 3.33. The van der Waals surface area contributed by atoms with Crippen molar-refractivity contribution < 1.29 is 0 Å². The molecule has 21 heavy (non-hydrogen) atoms. The van der Waals surface area contributed by atoms with Crippen molar-refractivity contribution >= 4 is 27.2 Å². The van der Waals surface area contributed by atoms with Gasteiger partial charge in [0.25, 0.3) is 5.56 Å². The van der Waals surface area contributed by atoms with Gasteiger partial charge in [-0.1, -0.05) is 13.0 Å². The molecule has 3 aromatic rings. The zero-order chi connectivity index (χ0) is 14.7. The Balaban J connectivity index is 1.95. The second kappa shape index (κ2) is 6.10. The molecule has 0 fully saturated rings. The Kier molecular flexibility index (Phi) is 4.01. The third-order valence-corrected chi connectivity index (χ3v) is 4.25. The standard InChI is InChI=1S/C16H17N3OS/c1-2-7-17-15-12(4-3-8-18-15)11-19-9-5-14-13(16(19)20)6-10-21-14/h3-6,8-10H,2,7,11H2,1H3,(H,17,18). The van der Waals surface area contributed by atoms with Crippen LogP contribution in [0.3, 0.4) is 0 Å². The first-order valence-corrected chi connectivity index (χ1v) is 7.92. The number of hydrogen-bond acceptors (Lipinski definition) is 4. The lowest BCUT2D eigenvalue weighted by Gasteiger charge is -2.11. The summed E-state index contributed by atoms with van der Waals surface area (Å²) >= 11 is 1.59. The quantitative estimate of drug-likeness (QED) is 0.786. The smallest absolute Gasteiger partial charge is 0.259 e. The van der Waals surface area contributed by atoms with Gasteiger partial charge in [0.2, 0.25) is 0 Å². The van der Waals surface area contributed by atoms with Crippen molar-refractivity contribution in [2.75, 3.05) is 11.9 Å². The summed E-state index contributed by atoms with van der Waals surface area (Å²) in [5.74, 6) is 0.858. The van der Waals surface area contributed by atoms with E-state index < -0.39 is 0 Å². The molecule has 3 heterocycles. The van der Waals surface area contributed by atoms with Crippen LogP contribution in [0.15, 0.2) is 46.8 Å². The molecule has 0 atom stereocenters. The lowest BCUT2D eigenvalue weighted by atomic mass is 10.2. The summed E-state index contributed by atoms with van der Waals surface area (Å²) in [6.45, 7) is 3.53. The third-order valence-electron chi connectivity index (χ3n) is 3.37. The van der Waals surface area contributed by atoms with E-state index >= 15 is 0 Å². The average Bonchev–Trinajstić information content (AvgIpc) is 2.98. The molecule has 0 aromatic carbocycles. The van der Waals surface area contributed by atoms with Crippen LogP contribution in [0, 0.1) is 0 Å². The number of pyridine rings is 2. The van der Waals surface area contributed by atoms with E-state index in [4.69, 9.17) is 0 Å². The van der Waals surface area contributed by atoms with E-state index in [1.54, 1.807) is 22.1 Å². The van der Waals surface area contributed by atoms with Gasteiger partial charge in [0.05, 0.1) is 11.9 Å². The second-order valence-electron chi connectivity index (χ2n) is 4.89. The monoisotopic (exact) mass is 299 g/mol. The number of aromatic nitrogens is 2. The predicted molar refractivity (Wildman–Crippen MR) is 88.2 cm³/mol. The van der Waals surface area contributed by atoms with Crippen LogP contribution in [0.1, 0.15) is 18.9 Å². The number of nitrogens with one attached hydrogen (secondary N) is 1. The topological polar surface area (TPSA) is 46.9 Å². The lowest BCUT2D eigenvalue weighted by molar-refractivity contribution is 0.765. The fraction of sp³-hybridized carbons (Fsp3) is 0.250. The van der Waals surface area contributed by atoms with Crippen molar-refractivity contribution in [1.29, 1.82) is 0 Å². The minimum atomic E-state index is 0.0547. The van der Waals surface area contributed by atoms with E-state index in [1.165, 1.54) is 0 Å². The summed E-state index contributed by atoms with van der Waals surface area (Å²) in [5, 5.41) is 6.05. The molecule has 1 N–H and O–H groups in total. The molecule has 0 bridgehead atoms. The Hall–Kier alpha value is -2.14. The Morgan fingerprint density at radius 3 is 3.10 bits per heavy atom. The van der Waals surface area contributed by atoms with Gasteiger partial charge in [0, 0.05) is 29.2 Å². The molecular weight excluding hydrogens is 282 g/mol. The third kappa shape index (κ3) is 2.83. The van der Waals surface area contributed by atoms with Crippen LogP contribution in [-0.2, 0) is 6.54 Å². The number of thiophene rings is 1. The van der Waals surface area contributed by atoms with Gasteiger partial charge in [0.1, 0.15) is 5.82 Å². The van der Waals surface area contributed by atoms with E-state index in [0.29, 0.717) is 6.54 Å². The van der Waals surface area contributed by atoms with Crippen molar-refractivity contribution in [3.05, 3.63) is 58.0 Å². The number of fused-ring (bicyclic) bond motifs is 1. The highest BCUT2D eigenvalue weighted by Gasteiger charge is 2.07. The molecule has 0 aliphatic heterocycles. The highest BCUT2D eigenvalue weighted by atomic mass is 32.1. The van der Waals surface area contributed by atoms with Crippen molar-refractivity contribution in [3.8, 4) is 0 Å². The zero-order valence-corrected chi connectivity index (χ0v) is 12.7. The van der Waals surface area contributed by atoms with Gasteiger partial charge in [-0.15, -0.1) is 11.3 Å². The van der Waals surface area contributed by atoms with Gasteiger partial charge < -0.3 is 9.88 Å². The first kappa shape index (κ1) is 13.8. The van der Waals surface area contributed by atoms with Crippen molar-refractivity contribution in [3.63, 3.8) is 0 Å². The van der Waals surface area contributed by atoms with Gasteiger partial charge in [-0.3, -0.25) is 4.79 Å². The van der Waals surface area contributed by atoms with Crippen LogP contribution in [0.25, 0.3) is 10.1 Å². The Labute approximate surface area is 127 Å². The van der Waals surface area contributed by atoms with E-state index in [-0.39, 0.29) is 5.56 Å². The largest absolute Gasteiger partial charge is 0.370 e. The Morgan fingerprint density at radius 1 is 1.33 bits per heavy atom. The zero-order valence-electron chi connectivity index (χ0n) is 11.9. The average molecular weight is 299 g/mol. The summed E-state index contributed by atoms with van der Waals surface area (Å²) in [4.78, 5) is 16.8. The fourth-order valence-corrected chi connectivity index (χ4v) is 3.06. The van der Waals surface area contributed by atoms with Crippen molar-refractivity contribution in [1.82, 2.24) is 9.55 Å².